The van der Waals surface area contributed by atoms with Crippen molar-refractivity contribution in [1.29, 1.82) is 5.26 Å². The first kappa shape index (κ1) is 11.2. The van der Waals surface area contributed by atoms with Crippen molar-refractivity contribution >= 4 is 5.91 Å². The summed E-state index contributed by atoms with van der Waals surface area (Å²) in [5.74, 6) is -0.126. The highest BCUT2D eigenvalue weighted by Gasteiger charge is 2.11. The number of nitrogens with zero attached hydrogens (tertiary/aromatic N) is 3. The standard InChI is InChI=1S/C10H14N4O/c1-8-9(7-14(2)13-8)10(15)12-6-4-3-5-11/h7H,3-4,6H2,1-2H3,(H,12,15). The molecule has 1 aromatic heterocycles. The predicted octanol–water partition coefficient (Wildman–Crippen LogP) is 0.762. The van der Waals surface area contributed by atoms with E-state index in [1.165, 1.54) is 0 Å². The van der Waals surface area contributed by atoms with Gasteiger partial charge in [-0.25, -0.2) is 0 Å². The Morgan fingerprint density at radius 3 is 3.00 bits per heavy atom. The van der Waals surface area contributed by atoms with Crippen molar-refractivity contribution in [3.05, 3.63) is 17.5 Å². The van der Waals surface area contributed by atoms with E-state index in [2.05, 4.69) is 10.4 Å². The zero-order chi connectivity index (χ0) is 11.3. The largest absolute Gasteiger partial charge is 0.352 e. The first-order valence-electron chi connectivity index (χ1n) is 4.80. The van der Waals surface area contributed by atoms with Crippen molar-refractivity contribution in [1.82, 2.24) is 15.1 Å². The van der Waals surface area contributed by atoms with E-state index in [0.717, 1.165) is 5.69 Å². The molecule has 0 aliphatic carbocycles. The minimum Gasteiger partial charge on any atom is -0.352 e. The number of aromatic nitrogens is 2. The highest BCUT2D eigenvalue weighted by molar-refractivity contribution is 5.94. The van der Waals surface area contributed by atoms with Gasteiger partial charge in [0, 0.05) is 26.2 Å². The molecule has 0 saturated heterocycles. The van der Waals surface area contributed by atoms with Gasteiger partial charge in [0.05, 0.1) is 17.3 Å². The lowest BCUT2D eigenvalue weighted by molar-refractivity contribution is 0.0952. The minimum atomic E-state index is -0.126. The molecule has 1 amide bonds. The average Bonchev–Trinajstić information content (AvgIpc) is 2.52. The van der Waals surface area contributed by atoms with Crippen LogP contribution in [0.5, 0.6) is 0 Å². The molecule has 0 aliphatic rings. The maximum atomic E-state index is 11.6. The van der Waals surface area contributed by atoms with Crippen molar-refractivity contribution in [2.24, 2.45) is 7.05 Å². The number of unbranched alkanes of at least 4 members (excludes halogenated alkanes) is 1. The zero-order valence-electron chi connectivity index (χ0n) is 8.95. The van der Waals surface area contributed by atoms with Gasteiger partial charge in [-0.3, -0.25) is 9.48 Å². The topological polar surface area (TPSA) is 70.7 Å². The lowest BCUT2D eigenvalue weighted by atomic mass is 10.2. The first-order valence-corrected chi connectivity index (χ1v) is 4.80. The normalized spacial score (nSPS) is 9.67. The third-order valence-electron chi connectivity index (χ3n) is 2.01. The number of carbonyl (C=O) groups excluding carboxylic acids is 1. The summed E-state index contributed by atoms with van der Waals surface area (Å²) in [4.78, 5) is 11.6. The quantitative estimate of drug-likeness (QED) is 0.739. The third kappa shape index (κ3) is 3.09. The second-order valence-electron chi connectivity index (χ2n) is 3.32. The average molecular weight is 206 g/mol. The molecule has 0 spiro atoms. The number of carbonyl (C=O) groups is 1. The first-order chi connectivity index (χ1) is 7.15. The van der Waals surface area contributed by atoms with Crippen LogP contribution in [0.1, 0.15) is 28.9 Å². The maximum Gasteiger partial charge on any atom is 0.254 e. The molecule has 1 aromatic rings. The Kier molecular flexibility index (Phi) is 3.86. The molecule has 0 bridgehead atoms. The Bertz CT molecular complexity index is 389. The molecule has 5 heteroatoms. The van der Waals surface area contributed by atoms with Crippen LogP contribution in [0, 0.1) is 18.3 Å². The van der Waals surface area contributed by atoms with Crippen LogP contribution in [0.15, 0.2) is 6.20 Å². The number of hydrogen-bond acceptors (Lipinski definition) is 3. The second-order valence-corrected chi connectivity index (χ2v) is 3.32. The monoisotopic (exact) mass is 206 g/mol. The van der Waals surface area contributed by atoms with Crippen molar-refractivity contribution in [2.75, 3.05) is 6.54 Å². The Labute approximate surface area is 88.7 Å². The number of nitriles is 1. The third-order valence-corrected chi connectivity index (χ3v) is 2.01. The van der Waals surface area contributed by atoms with Crippen molar-refractivity contribution in [3.63, 3.8) is 0 Å². The molecule has 0 saturated carbocycles. The highest BCUT2D eigenvalue weighted by Crippen LogP contribution is 2.03. The van der Waals surface area contributed by atoms with Gasteiger partial charge in [-0.1, -0.05) is 0 Å². The van der Waals surface area contributed by atoms with E-state index in [9.17, 15) is 4.79 Å². The summed E-state index contributed by atoms with van der Waals surface area (Å²) in [7, 11) is 1.78. The van der Waals surface area contributed by atoms with E-state index in [-0.39, 0.29) is 5.91 Å². The second kappa shape index (κ2) is 5.15. The molecular formula is C10H14N4O. The fourth-order valence-corrected chi connectivity index (χ4v) is 1.29. The maximum absolute atomic E-state index is 11.6. The molecule has 0 radical (unpaired) electrons. The molecule has 0 aromatic carbocycles. The summed E-state index contributed by atoms with van der Waals surface area (Å²) in [5.41, 5.74) is 1.31. The fourth-order valence-electron chi connectivity index (χ4n) is 1.29. The molecular weight excluding hydrogens is 192 g/mol. The van der Waals surface area contributed by atoms with E-state index in [0.29, 0.717) is 24.9 Å². The van der Waals surface area contributed by atoms with E-state index < -0.39 is 0 Å². The van der Waals surface area contributed by atoms with Crippen molar-refractivity contribution in [2.45, 2.75) is 19.8 Å². The van der Waals surface area contributed by atoms with Gasteiger partial charge < -0.3 is 5.32 Å². The van der Waals surface area contributed by atoms with E-state index in [4.69, 9.17) is 5.26 Å². The lowest BCUT2D eigenvalue weighted by Crippen LogP contribution is -2.24. The van der Waals surface area contributed by atoms with Crippen LogP contribution in [-0.2, 0) is 7.05 Å². The molecule has 15 heavy (non-hydrogen) atoms. The van der Waals surface area contributed by atoms with Crippen LogP contribution >= 0.6 is 0 Å². The van der Waals surface area contributed by atoms with Crippen LogP contribution in [0.4, 0.5) is 0 Å². The summed E-state index contributed by atoms with van der Waals surface area (Å²) >= 11 is 0. The summed E-state index contributed by atoms with van der Waals surface area (Å²) < 4.78 is 1.61. The molecule has 1 heterocycles. The van der Waals surface area contributed by atoms with Crippen LogP contribution in [0.25, 0.3) is 0 Å². The van der Waals surface area contributed by atoms with Crippen LogP contribution in [-0.4, -0.2) is 22.2 Å². The molecule has 5 nitrogen and oxygen atoms in total. The molecule has 0 unspecified atom stereocenters. The van der Waals surface area contributed by atoms with Gasteiger partial charge in [0.2, 0.25) is 0 Å². The number of rotatable bonds is 4. The smallest absolute Gasteiger partial charge is 0.254 e. The van der Waals surface area contributed by atoms with Gasteiger partial charge in [-0.2, -0.15) is 10.4 Å². The molecule has 1 rings (SSSR count). The summed E-state index contributed by atoms with van der Waals surface area (Å²) in [6, 6.07) is 2.03. The molecule has 0 fully saturated rings. The molecule has 0 atom stereocenters. The molecule has 0 aliphatic heterocycles. The van der Waals surface area contributed by atoms with Crippen LogP contribution < -0.4 is 5.32 Å². The molecule has 80 valence electrons. The van der Waals surface area contributed by atoms with Gasteiger partial charge in [-0.05, 0) is 13.3 Å². The van der Waals surface area contributed by atoms with E-state index in [1.54, 1.807) is 24.9 Å². The number of hydrogen-bond donors (Lipinski definition) is 1. The number of aryl methyl sites for hydroxylation is 2. The highest BCUT2D eigenvalue weighted by atomic mass is 16.1. The van der Waals surface area contributed by atoms with Crippen LogP contribution in [0.3, 0.4) is 0 Å². The number of amides is 1. The van der Waals surface area contributed by atoms with Gasteiger partial charge in [-0.15, -0.1) is 0 Å². The SMILES string of the molecule is Cc1nn(C)cc1C(=O)NCCCC#N. The van der Waals surface area contributed by atoms with Crippen molar-refractivity contribution < 1.29 is 4.79 Å². The van der Waals surface area contributed by atoms with Crippen LogP contribution in [0.2, 0.25) is 0 Å². The molecule has 1 N–H and O–H groups in total. The van der Waals surface area contributed by atoms with Gasteiger partial charge in [0.25, 0.3) is 5.91 Å². The minimum absolute atomic E-state index is 0.126. The predicted molar refractivity (Wildman–Crippen MR) is 55.1 cm³/mol. The number of nitrogens with one attached hydrogen (secondary N) is 1. The van der Waals surface area contributed by atoms with Crippen molar-refractivity contribution in [3.8, 4) is 6.07 Å². The summed E-state index contributed by atoms with van der Waals surface area (Å²) in [5, 5.41) is 15.1. The Hall–Kier alpha value is -1.83. The van der Waals surface area contributed by atoms with Gasteiger partial charge in [0.1, 0.15) is 0 Å². The summed E-state index contributed by atoms with van der Waals surface area (Å²) in [6.07, 6.45) is 2.84. The van der Waals surface area contributed by atoms with Gasteiger partial charge in [0.15, 0.2) is 0 Å². The summed E-state index contributed by atoms with van der Waals surface area (Å²) in [6.45, 7) is 2.32. The fraction of sp³-hybridized carbons (Fsp3) is 0.500. The Balaban J connectivity index is 2.48. The van der Waals surface area contributed by atoms with Gasteiger partial charge >= 0.3 is 0 Å². The Morgan fingerprint density at radius 2 is 2.47 bits per heavy atom. The van der Waals surface area contributed by atoms with E-state index >= 15 is 0 Å². The lowest BCUT2D eigenvalue weighted by Gasteiger charge is -2.01. The Morgan fingerprint density at radius 1 is 1.73 bits per heavy atom. The zero-order valence-corrected chi connectivity index (χ0v) is 8.95. The van der Waals surface area contributed by atoms with E-state index in [1.807, 2.05) is 6.07 Å².